The van der Waals surface area contributed by atoms with Gasteiger partial charge in [-0.25, -0.2) is 4.79 Å². The lowest BCUT2D eigenvalue weighted by Crippen LogP contribution is -2.05. The van der Waals surface area contributed by atoms with Crippen molar-refractivity contribution in [3.63, 3.8) is 0 Å². The van der Waals surface area contributed by atoms with Gasteiger partial charge in [-0.05, 0) is 40.5 Å². The molecular formula is C11H10BrClO3. The lowest BCUT2D eigenvalue weighted by atomic mass is 10.1. The smallest absolute Gasteiger partial charge is 0.339 e. The number of carbonyl (C=O) groups is 2. The summed E-state index contributed by atoms with van der Waals surface area (Å²) < 4.78 is 5.16. The fourth-order valence-corrected chi connectivity index (χ4v) is 1.89. The van der Waals surface area contributed by atoms with Crippen molar-refractivity contribution in [1.29, 1.82) is 0 Å². The summed E-state index contributed by atoms with van der Waals surface area (Å²) >= 11 is 9.13. The van der Waals surface area contributed by atoms with Crippen LogP contribution in [0, 0.1) is 0 Å². The lowest BCUT2D eigenvalue weighted by molar-refractivity contribution is -0.116. The molecule has 0 fully saturated rings. The summed E-state index contributed by atoms with van der Waals surface area (Å²) in [4.78, 5) is 22.4. The number of esters is 1. The molecule has 0 spiro atoms. The molecule has 1 aromatic rings. The number of alkyl halides is 1. The van der Waals surface area contributed by atoms with Crippen molar-refractivity contribution in [1.82, 2.24) is 0 Å². The Balaban J connectivity index is 3.08. The molecule has 16 heavy (non-hydrogen) atoms. The van der Waals surface area contributed by atoms with Gasteiger partial charge < -0.3 is 4.74 Å². The number of hydrogen-bond acceptors (Lipinski definition) is 3. The van der Waals surface area contributed by atoms with Gasteiger partial charge in [0.25, 0.3) is 0 Å². The number of rotatable bonds is 3. The van der Waals surface area contributed by atoms with Crippen molar-refractivity contribution in [2.45, 2.75) is 12.3 Å². The number of carbonyl (C=O) groups excluding carboxylic acids is 2. The first-order valence-corrected chi connectivity index (χ1v) is 5.72. The van der Waals surface area contributed by atoms with Gasteiger partial charge in [-0.15, -0.1) is 11.6 Å². The molecule has 0 amide bonds. The number of hydrogen-bond donors (Lipinski definition) is 0. The van der Waals surface area contributed by atoms with Gasteiger partial charge in [0, 0.05) is 4.47 Å². The lowest BCUT2D eigenvalue weighted by Gasteiger charge is -2.08. The average Bonchev–Trinajstić information content (AvgIpc) is 2.26. The SMILES string of the molecule is COC(=O)c1ccc(C(Cl)C(C)=O)cc1Br. The highest BCUT2D eigenvalue weighted by Crippen LogP contribution is 2.27. The molecule has 0 saturated heterocycles. The Morgan fingerprint density at radius 2 is 2.06 bits per heavy atom. The highest BCUT2D eigenvalue weighted by atomic mass is 79.9. The molecule has 5 heteroatoms. The molecule has 3 nitrogen and oxygen atoms in total. The largest absolute Gasteiger partial charge is 0.465 e. The first-order chi connectivity index (χ1) is 7.47. The Labute approximate surface area is 107 Å². The predicted molar refractivity (Wildman–Crippen MR) is 64.8 cm³/mol. The van der Waals surface area contributed by atoms with Gasteiger partial charge in [0.05, 0.1) is 12.7 Å². The van der Waals surface area contributed by atoms with Crippen molar-refractivity contribution in [2.24, 2.45) is 0 Å². The van der Waals surface area contributed by atoms with Crippen LogP contribution >= 0.6 is 27.5 Å². The summed E-state index contributed by atoms with van der Waals surface area (Å²) in [5, 5.41) is -0.692. The average molecular weight is 306 g/mol. The van der Waals surface area contributed by atoms with Gasteiger partial charge >= 0.3 is 5.97 Å². The van der Waals surface area contributed by atoms with E-state index in [0.717, 1.165) is 0 Å². The minimum absolute atomic E-state index is 0.139. The Kier molecular flexibility index (Phi) is 4.50. The maximum Gasteiger partial charge on any atom is 0.339 e. The van der Waals surface area contributed by atoms with Crippen molar-refractivity contribution in [2.75, 3.05) is 7.11 Å². The highest BCUT2D eigenvalue weighted by molar-refractivity contribution is 9.10. The molecule has 0 aliphatic heterocycles. The number of benzene rings is 1. The van der Waals surface area contributed by atoms with Gasteiger partial charge in [-0.1, -0.05) is 6.07 Å². The zero-order chi connectivity index (χ0) is 12.3. The van der Waals surface area contributed by atoms with Gasteiger partial charge in [-0.3, -0.25) is 4.79 Å². The maximum atomic E-state index is 11.3. The molecule has 0 saturated carbocycles. The quantitative estimate of drug-likeness (QED) is 0.636. The second-order valence-electron chi connectivity index (χ2n) is 3.20. The van der Waals surface area contributed by atoms with Crippen LogP contribution in [0.2, 0.25) is 0 Å². The molecule has 0 radical (unpaired) electrons. The number of ether oxygens (including phenoxy) is 1. The minimum atomic E-state index is -0.692. The normalized spacial score (nSPS) is 12.0. The van der Waals surface area contributed by atoms with E-state index in [1.54, 1.807) is 18.2 Å². The van der Waals surface area contributed by atoms with Crippen LogP contribution in [0.3, 0.4) is 0 Å². The Morgan fingerprint density at radius 1 is 1.44 bits per heavy atom. The van der Waals surface area contributed by atoms with E-state index in [1.807, 2.05) is 0 Å². The minimum Gasteiger partial charge on any atom is -0.465 e. The van der Waals surface area contributed by atoms with Crippen LogP contribution in [-0.4, -0.2) is 18.9 Å². The second-order valence-corrected chi connectivity index (χ2v) is 4.49. The summed E-state index contributed by atoms with van der Waals surface area (Å²) in [6, 6.07) is 4.85. The zero-order valence-corrected chi connectivity index (χ0v) is 11.1. The van der Waals surface area contributed by atoms with Crippen LogP contribution < -0.4 is 0 Å². The molecule has 1 rings (SSSR count). The summed E-state index contributed by atoms with van der Waals surface area (Å²) in [5.41, 5.74) is 1.05. The van der Waals surface area contributed by atoms with Gasteiger partial charge in [0.15, 0.2) is 5.78 Å². The molecule has 0 N–H and O–H groups in total. The number of methoxy groups -OCH3 is 1. The van der Waals surface area contributed by atoms with Crippen LogP contribution in [0.25, 0.3) is 0 Å². The van der Waals surface area contributed by atoms with E-state index in [2.05, 4.69) is 20.7 Å². The third-order valence-corrected chi connectivity index (χ3v) is 3.26. The van der Waals surface area contributed by atoms with Crippen LogP contribution in [0.1, 0.15) is 28.2 Å². The monoisotopic (exact) mass is 304 g/mol. The van der Waals surface area contributed by atoms with E-state index in [0.29, 0.717) is 15.6 Å². The molecular weight excluding hydrogens is 295 g/mol. The topological polar surface area (TPSA) is 43.4 Å². The summed E-state index contributed by atoms with van der Waals surface area (Å²) in [5.74, 6) is -0.577. The molecule has 0 aliphatic rings. The third-order valence-electron chi connectivity index (χ3n) is 2.05. The van der Waals surface area contributed by atoms with E-state index < -0.39 is 11.3 Å². The molecule has 1 atom stereocenters. The second kappa shape index (κ2) is 5.46. The van der Waals surface area contributed by atoms with Gasteiger partial charge in [-0.2, -0.15) is 0 Å². The molecule has 1 unspecified atom stereocenters. The Hall–Kier alpha value is -0.870. The first kappa shape index (κ1) is 13.2. The number of Topliss-reactive ketones (excluding diaryl/α,β-unsaturated/α-hetero) is 1. The first-order valence-electron chi connectivity index (χ1n) is 4.49. The maximum absolute atomic E-state index is 11.3. The van der Waals surface area contributed by atoms with Crippen molar-refractivity contribution in [3.05, 3.63) is 33.8 Å². The molecule has 0 bridgehead atoms. The van der Waals surface area contributed by atoms with Crippen LogP contribution in [0.5, 0.6) is 0 Å². The fraction of sp³-hybridized carbons (Fsp3) is 0.273. The standard InChI is InChI=1S/C11H10BrClO3/c1-6(14)10(13)7-3-4-8(9(12)5-7)11(15)16-2/h3-5,10H,1-2H3. The fourth-order valence-electron chi connectivity index (χ4n) is 1.20. The number of ketones is 1. The summed E-state index contributed by atoms with van der Waals surface area (Å²) in [6.07, 6.45) is 0. The van der Waals surface area contributed by atoms with Gasteiger partial charge in [0.2, 0.25) is 0 Å². The van der Waals surface area contributed by atoms with E-state index in [-0.39, 0.29) is 5.78 Å². The third kappa shape index (κ3) is 2.83. The van der Waals surface area contributed by atoms with Gasteiger partial charge in [0.1, 0.15) is 5.38 Å². The van der Waals surface area contributed by atoms with E-state index in [4.69, 9.17) is 11.6 Å². The molecule has 0 heterocycles. The van der Waals surface area contributed by atoms with Crippen molar-refractivity contribution < 1.29 is 14.3 Å². The van der Waals surface area contributed by atoms with Crippen molar-refractivity contribution >= 4 is 39.3 Å². The van der Waals surface area contributed by atoms with Crippen LogP contribution in [0.15, 0.2) is 22.7 Å². The zero-order valence-electron chi connectivity index (χ0n) is 8.79. The molecule has 1 aromatic carbocycles. The Morgan fingerprint density at radius 3 is 2.50 bits per heavy atom. The van der Waals surface area contributed by atoms with E-state index >= 15 is 0 Å². The summed E-state index contributed by atoms with van der Waals surface area (Å²) in [6.45, 7) is 1.42. The molecule has 86 valence electrons. The highest BCUT2D eigenvalue weighted by Gasteiger charge is 2.16. The molecule has 0 aromatic heterocycles. The Bertz CT molecular complexity index is 431. The number of halogens is 2. The van der Waals surface area contributed by atoms with E-state index in [1.165, 1.54) is 14.0 Å². The molecule has 0 aliphatic carbocycles. The van der Waals surface area contributed by atoms with Crippen LogP contribution in [0.4, 0.5) is 0 Å². The summed E-state index contributed by atoms with van der Waals surface area (Å²) in [7, 11) is 1.31. The van der Waals surface area contributed by atoms with Crippen LogP contribution in [-0.2, 0) is 9.53 Å². The van der Waals surface area contributed by atoms with E-state index in [9.17, 15) is 9.59 Å². The predicted octanol–water partition coefficient (Wildman–Crippen LogP) is 3.10. The van der Waals surface area contributed by atoms with Crippen molar-refractivity contribution in [3.8, 4) is 0 Å².